The number of alkyl carbamates (subject to hydrolysis) is 1. The first kappa shape index (κ1) is 22.7. The number of piperidine rings is 1. The molecule has 0 unspecified atom stereocenters. The Bertz CT molecular complexity index is 707. The van der Waals surface area contributed by atoms with E-state index < -0.39 is 17.7 Å². The Kier molecular flexibility index (Phi) is 8.47. The molecular formula is C22H32N4O3. The van der Waals surface area contributed by atoms with E-state index in [2.05, 4.69) is 28.5 Å². The predicted octanol–water partition coefficient (Wildman–Crippen LogP) is 2.82. The van der Waals surface area contributed by atoms with Gasteiger partial charge in [-0.1, -0.05) is 51.1 Å². The smallest absolute Gasteiger partial charge is 0.408 e. The lowest BCUT2D eigenvalue weighted by molar-refractivity contribution is -0.125. The number of amides is 2. The molecule has 0 aromatic heterocycles. The molecule has 1 atom stereocenters. The van der Waals surface area contributed by atoms with Crippen molar-refractivity contribution in [3.63, 3.8) is 0 Å². The van der Waals surface area contributed by atoms with Gasteiger partial charge in [-0.2, -0.15) is 5.26 Å². The van der Waals surface area contributed by atoms with Gasteiger partial charge in [-0.25, -0.2) is 4.79 Å². The van der Waals surface area contributed by atoms with Crippen LogP contribution in [0.5, 0.6) is 0 Å². The summed E-state index contributed by atoms with van der Waals surface area (Å²) in [6.45, 7) is 8.66. The van der Waals surface area contributed by atoms with Crippen LogP contribution in [0.3, 0.4) is 0 Å². The van der Waals surface area contributed by atoms with E-state index in [4.69, 9.17) is 4.74 Å². The molecule has 0 bridgehead atoms. The van der Waals surface area contributed by atoms with Crippen molar-refractivity contribution in [2.45, 2.75) is 58.2 Å². The van der Waals surface area contributed by atoms with Gasteiger partial charge in [0.1, 0.15) is 18.2 Å². The third kappa shape index (κ3) is 7.06. The molecule has 1 saturated heterocycles. The Morgan fingerprint density at radius 1 is 1.24 bits per heavy atom. The van der Waals surface area contributed by atoms with Crippen molar-refractivity contribution in [1.29, 1.82) is 5.26 Å². The summed E-state index contributed by atoms with van der Waals surface area (Å²) in [4.78, 5) is 27.4. The Balaban J connectivity index is 1.96. The van der Waals surface area contributed by atoms with Gasteiger partial charge in [0, 0.05) is 13.1 Å². The van der Waals surface area contributed by atoms with Crippen LogP contribution in [0.4, 0.5) is 4.79 Å². The van der Waals surface area contributed by atoms with E-state index in [-0.39, 0.29) is 18.4 Å². The molecule has 2 amide bonds. The maximum atomic E-state index is 12.9. The lowest BCUT2D eigenvalue weighted by Gasteiger charge is -2.38. The fourth-order valence-corrected chi connectivity index (χ4v) is 3.45. The zero-order valence-corrected chi connectivity index (χ0v) is 17.6. The molecule has 0 saturated carbocycles. The summed E-state index contributed by atoms with van der Waals surface area (Å²) in [5.74, 6) is -0.137. The summed E-state index contributed by atoms with van der Waals surface area (Å²) in [6, 6.07) is 10.9. The molecule has 158 valence electrons. The molecule has 1 heterocycles. The summed E-state index contributed by atoms with van der Waals surface area (Å²) in [7, 11) is 0. The molecular weight excluding hydrogens is 368 g/mol. The van der Waals surface area contributed by atoms with Crippen molar-refractivity contribution in [3.8, 4) is 6.07 Å². The number of hydrogen-bond acceptors (Lipinski definition) is 5. The maximum absolute atomic E-state index is 12.9. The van der Waals surface area contributed by atoms with Crippen LogP contribution < -0.4 is 10.6 Å². The summed E-state index contributed by atoms with van der Waals surface area (Å²) in [6.07, 6.45) is 0.988. The quantitative estimate of drug-likeness (QED) is 0.700. The first-order chi connectivity index (χ1) is 13.9. The second-order valence-corrected chi connectivity index (χ2v) is 8.01. The number of carbonyl (C=O) groups is 2. The van der Waals surface area contributed by atoms with E-state index in [1.165, 1.54) is 0 Å². The third-order valence-electron chi connectivity index (χ3n) is 5.26. The van der Waals surface area contributed by atoms with Gasteiger partial charge >= 0.3 is 6.09 Å². The molecule has 2 rings (SSSR count). The average molecular weight is 401 g/mol. The molecule has 2 N–H and O–H groups in total. The molecule has 7 nitrogen and oxygen atoms in total. The highest BCUT2D eigenvalue weighted by molar-refractivity contribution is 5.86. The van der Waals surface area contributed by atoms with Crippen LogP contribution in [0.2, 0.25) is 0 Å². The lowest BCUT2D eigenvalue weighted by atomic mass is 9.88. The van der Waals surface area contributed by atoms with Crippen molar-refractivity contribution in [2.24, 2.45) is 5.92 Å². The molecule has 0 radical (unpaired) electrons. The molecule has 0 spiro atoms. The molecule has 1 aromatic carbocycles. The Hall–Kier alpha value is -2.59. The van der Waals surface area contributed by atoms with Gasteiger partial charge in [0.05, 0.1) is 6.07 Å². The standard InChI is InChI=1S/C22H32N4O3/c1-4-26-12-10-22(16-23,11-13-26)25-20(27)19(14-17(2)3)24-21(28)29-15-18-8-6-5-7-9-18/h5-9,17,19H,4,10-15H2,1-3H3,(H,24,28)(H,25,27)/t19-/m0/s1. The van der Waals surface area contributed by atoms with E-state index >= 15 is 0 Å². The minimum absolute atomic E-state index is 0.137. The molecule has 1 aliphatic rings. The van der Waals surface area contributed by atoms with E-state index in [9.17, 15) is 14.9 Å². The summed E-state index contributed by atoms with van der Waals surface area (Å²) >= 11 is 0. The number of hydrogen-bond donors (Lipinski definition) is 2. The number of benzene rings is 1. The summed E-state index contributed by atoms with van der Waals surface area (Å²) < 4.78 is 5.26. The molecule has 7 heteroatoms. The average Bonchev–Trinajstić information content (AvgIpc) is 2.72. The Morgan fingerprint density at radius 3 is 2.45 bits per heavy atom. The molecule has 1 aliphatic heterocycles. The molecule has 1 aromatic rings. The topological polar surface area (TPSA) is 94.5 Å². The van der Waals surface area contributed by atoms with Gasteiger partial charge in [-0.15, -0.1) is 0 Å². The van der Waals surface area contributed by atoms with Gasteiger partial charge in [0.15, 0.2) is 0 Å². The van der Waals surface area contributed by atoms with Crippen LogP contribution in [0.15, 0.2) is 30.3 Å². The van der Waals surface area contributed by atoms with Crippen LogP contribution in [0.1, 0.15) is 45.6 Å². The molecule has 29 heavy (non-hydrogen) atoms. The van der Waals surface area contributed by atoms with Crippen molar-refractivity contribution in [2.75, 3.05) is 19.6 Å². The van der Waals surface area contributed by atoms with Gasteiger partial charge in [0.25, 0.3) is 0 Å². The normalized spacial score (nSPS) is 17.2. The highest BCUT2D eigenvalue weighted by Crippen LogP contribution is 2.22. The minimum Gasteiger partial charge on any atom is -0.445 e. The largest absolute Gasteiger partial charge is 0.445 e. The number of ether oxygens (including phenoxy) is 1. The molecule has 1 fully saturated rings. The maximum Gasteiger partial charge on any atom is 0.408 e. The SMILES string of the molecule is CCN1CCC(C#N)(NC(=O)[C@H](CC(C)C)NC(=O)OCc2ccccc2)CC1. The van der Waals surface area contributed by atoms with Crippen LogP contribution in [-0.2, 0) is 16.1 Å². The number of nitrogens with one attached hydrogen (secondary N) is 2. The second kappa shape index (κ2) is 10.8. The minimum atomic E-state index is -0.881. The van der Waals surface area contributed by atoms with Crippen molar-refractivity contribution < 1.29 is 14.3 Å². The third-order valence-corrected chi connectivity index (χ3v) is 5.26. The van der Waals surface area contributed by atoms with Crippen LogP contribution in [-0.4, -0.2) is 48.1 Å². The van der Waals surface area contributed by atoms with E-state index in [1.54, 1.807) is 0 Å². The monoisotopic (exact) mass is 400 g/mol. The molecule has 0 aliphatic carbocycles. The van der Waals surface area contributed by atoms with Crippen LogP contribution in [0, 0.1) is 17.2 Å². The van der Waals surface area contributed by atoms with Crippen molar-refractivity contribution in [3.05, 3.63) is 35.9 Å². The Labute approximate surface area is 173 Å². The van der Waals surface area contributed by atoms with Gasteiger partial charge in [-0.05, 0) is 37.3 Å². The van der Waals surface area contributed by atoms with E-state index in [1.807, 2.05) is 44.2 Å². The van der Waals surface area contributed by atoms with Crippen molar-refractivity contribution >= 4 is 12.0 Å². The van der Waals surface area contributed by atoms with E-state index in [0.717, 1.165) is 25.2 Å². The lowest BCUT2D eigenvalue weighted by Crippen LogP contribution is -2.59. The van der Waals surface area contributed by atoms with Crippen molar-refractivity contribution in [1.82, 2.24) is 15.5 Å². The zero-order chi connectivity index (χ0) is 21.3. The second-order valence-electron chi connectivity index (χ2n) is 8.01. The fourth-order valence-electron chi connectivity index (χ4n) is 3.45. The van der Waals surface area contributed by atoms with Crippen LogP contribution >= 0.6 is 0 Å². The summed E-state index contributed by atoms with van der Waals surface area (Å²) in [5, 5.41) is 15.3. The van der Waals surface area contributed by atoms with E-state index in [0.29, 0.717) is 19.3 Å². The number of nitriles is 1. The van der Waals surface area contributed by atoms with Crippen LogP contribution in [0.25, 0.3) is 0 Å². The summed E-state index contributed by atoms with van der Waals surface area (Å²) in [5.41, 5.74) is -0.00761. The zero-order valence-electron chi connectivity index (χ0n) is 17.6. The van der Waals surface area contributed by atoms with Gasteiger partial charge in [0.2, 0.25) is 5.91 Å². The van der Waals surface area contributed by atoms with Gasteiger partial charge < -0.3 is 20.3 Å². The van der Waals surface area contributed by atoms with Gasteiger partial charge in [-0.3, -0.25) is 4.79 Å². The first-order valence-electron chi connectivity index (χ1n) is 10.3. The number of carbonyl (C=O) groups excluding carboxylic acids is 2. The number of likely N-dealkylation sites (tertiary alicyclic amines) is 1. The predicted molar refractivity (Wildman–Crippen MR) is 111 cm³/mol. The highest BCUT2D eigenvalue weighted by atomic mass is 16.5. The number of nitrogens with zero attached hydrogens (tertiary/aromatic N) is 2. The fraction of sp³-hybridized carbons (Fsp3) is 0.591. The first-order valence-corrected chi connectivity index (χ1v) is 10.3. The Morgan fingerprint density at radius 2 is 1.90 bits per heavy atom. The highest BCUT2D eigenvalue weighted by Gasteiger charge is 2.37. The number of rotatable bonds is 8.